The number of piperidine rings is 1. The van der Waals surface area contributed by atoms with E-state index < -0.39 is 0 Å². The molecule has 1 aromatic heterocycles. The molecule has 1 aromatic carbocycles. The summed E-state index contributed by atoms with van der Waals surface area (Å²) in [6.07, 6.45) is 5.96. The van der Waals surface area contributed by atoms with Crippen molar-refractivity contribution in [1.29, 1.82) is 0 Å². The fourth-order valence-electron chi connectivity index (χ4n) is 3.79. The fourth-order valence-corrected chi connectivity index (χ4v) is 3.79. The van der Waals surface area contributed by atoms with E-state index in [-0.39, 0.29) is 5.91 Å². The predicted molar refractivity (Wildman–Crippen MR) is 101 cm³/mol. The summed E-state index contributed by atoms with van der Waals surface area (Å²) >= 11 is 0. The topological polar surface area (TPSA) is 54.0 Å². The van der Waals surface area contributed by atoms with Gasteiger partial charge in [-0.25, -0.2) is 0 Å². The highest BCUT2D eigenvalue weighted by atomic mass is 16.1. The van der Waals surface area contributed by atoms with E-state index in [2.05, 4.69) is 29.7 Å². The van der Waals surface area contributed by atoms with E-state index in [9.17, 15) is 4.79 Å². The Labute approximate surface area is 149 Å². The van der Waals surface area contributed by atoms with Crippen LogP contribution in [0.5, 0.6) is 0 Å². The first-order chi connectivity index (χ1) is 12.2. The average molecular weight is 337 g/mol. The highest BCUT2D eigenvalue weighted by molar-refractivity contribution is 6.06. The standard InChI is InChI=1S/C21H27N3O/c1-14-4-7-19-17(11-14)18(12-20(24-19)16-5-6-16)21(25)23-10-8-15-3-2-9-22-13-15/h4,7,11-12,15-16,22H,2-3,5-6,8-10,13H2,1H3,(H,23,25). The number of hydrogen-bond donors (Lipinski definition) is 2. The summed E-state index contributed by atoms with van der Waals surface area (Å²) < 4.78 is 0. The van der Waals surface area contributed by atoms with Crippen molar-refractivity contribution in [3.8, 4) is 0 Å². The van der Waals surface area contributed by atoms with Crippen LogP contribution in [0.3, 0.4) is 0 Å². The van der Waals surface area contributed by atoms with E-state index >= 15 is 0 Å². The first-order valence-electron chi connectivity index (χ1n) is 9.61. The SMILES string of the molecule is Cc1ccc2nc(C3CC3)cc(C(=O)NCCC3CCCNC3)c2c1. The van der Waals surface area contributed by atoms with Gasteiger partial charge in [-0.15, -0.1) is 0 Å². The molecule has 132 valence electrons. The number of pyridine rings is 1. The van der Waals surface area contributed by atoms with Crippen molar-refractivity contribution in [2.45, 2.75) is 44.9 Å². The maximum atomic E-state index is 12.9. The Balaban J connectivity index is 1.51. The maximum Gasteiger partial charge on any atom is 0.252 e. The lowest BCUT2D eigenvalue weighted by Gasteiger charge is -2.22. The van der Waals surface area contributed by atoms with Crippen LogP contribution in [0.15, 0.2) is 24.3 Å². The first kappa shape index (κ1) is 16.5. The van der Waals surface area contributed by atoms with Crippen LogP contribution in [0.1, 0.15) is 59.6 Å². The molecule has 2 N–H and O–H groups in total. The van der Waals surface area contributed by atoms with E-state index in [0.29, 0.717) is 11.8 Å². The monoisotopic (exact) mass is 337 g/mol. The number of aryl methyl sites for hydroxylation is 1. The molecular weight excluding hydrogens is 310 g/mol. The lowest BCUT2D eigenvalue weighted by atomic mass is 9.96. The number of carbonyl (C=O) groups excluding carboxylic acids is 1. The third kappa shape index (κ3) is 3.84. The zero-order valence-electron chi connectivity index (χ0n) is 15.0. The molecule has 2 aliphatic rings. The molecule has 2 aromatic rings. The van der Waals surface area contributed by atoms with Crippen LogP contribution in [0, 0.1) is 12.8 Å². The molecule has 2 heterocycles. The molecule has 1 atom stereocenters. The molecule has 1 aliphatic heterocycles. The minimum absolute atomic E-state index is 0.0451. The van der Waals surface area contributed by atoms with Crippen molar-refractivity contribution in [3.05, 3.63) is 41.1 Å². The number of benzene rings is 1. The van der Waals surface area contributed by atoms with Crippen molar-refractivity contribution >= 4 is 16.8 Å². The minimum Gasteiger partial charge on any atom is -0.352 e. The van der Waals surface area contributed by atoms with Crippen LogP contribution >= 0.6 is 0 Å². The van der Waals surface area contributed by atoms with Gasteiger partial charge in [-0.1, -0.05) is 11.6 Å². The molecule has 0 bridgehead atoms. The largest absolute Gasteiger partial charge is 0.352 e. The Kier molecular flexibility index (Phi) is 4.71. The van der Waals surface area contributed by atoms with E-state index in [1.54, 1.807) is 0 Å². The van der Waals surface area contributed by atoms with E-state index in [1.807, 2.05) is 12.1 Å². The van der Waals surface area contributed by atoms with E-state index in [0.717, 1.165) is 53.8 Å². The van der Waals surface area contributed by atoms with Crippen LogP contribution in [0.25, 0.3) is 10.9 Å². The molecular formula is C21H27N3O. The summed E-state index contributed by atoms with van der Waals surface area (Å²) in [5, 5.41) is 7.56. The number of carbonyl (C=O) groups is 1. The number of rotatable bonds is 5. The Morgan fingerprint density at radius 3 is 2.92 bits per heavy atom. The van der Waals surface area contributed by atoms with Gasteiger partial charge in [0.1, 0.15) is 0 Å². The van der Waals surface area contributed by atoms with Gasteiger partial charge in [0.05, 0.1) is 11.1 Å². The number of nitrogens with one attached hydrogen (secondary N) is 2. The van der Waals surface area contributed by atoms with Crippen LogP contribution in [-0.4, -0.2) is 30.5 Å². The minimum atomic E-state index is 0.0451. The third-order valence-electron chi connectivity index (χ3n) is 5.46. The maximum absolute atomic E-state index is 12.9. The molecule has 1 saturated heterocycles. The van der Waals surface area contributed by atoms with Gasteiger partial charge in [-0.05, 0) is 76.2 Å². The zero-order valence-corrected chi connectivity index (χ0v) is 15.0. The summed E-state index contributed by atoms with van der Waals surface area (Å²) in [6, 6.07) is 8.22. The second-order valence-electron chi connectivity index (χ2n) is 7.65. The van der Waals surface area contributed by atoms with Crippen molar-refractivity contribution < 1.29 is 4.79 Å². The van der Waals surface area contributed by atoms with Crippen molar-refractivity contribution in [2.24, 2.45) is 5.92 Å². The third-order valence-corrected chi connectivity index (χ3v) is 5.46. The fraction of sp³-hybridized carbons (Fsp3) is 0.524. The molecule has 1 aliphatic carbocycles. The molecule has 0 spiro atoms. The van der Waals surface area contributed by atoms with Gasteiger partial charge in [0.25, 0.3) is 5.91 Å². The van der Waals surface area contributed by atoms with Gasteiger partial charge in [0, 0.05) is 23.5 Å². The predicted octanol–water partition coefficient (Wildman–Crippen LogP) is 3.54. The molecule has 4 nitrogen and oxygen atoms in total. The van der Waals surface area contributed by atoms with Crippen molar-refractivity contribution in [3.63, 3.8) is 0 Å². The summed E-state index contributed by atoms with van der Waals surface area (Å²) in [6.45, 7) is 5.03. The number of fused-ring (bicyclic) bond motifs is 1. The summed E-state index contributed by atoms with van der Waals surface area (Å²) in [7, 11) is 0. The summed E-state index contributed by atoms with van der Waals surface area (Å²) in [5.41, 5.74) is 3.97. The number of nitrogens with zero attached hydrogens (tertiary/aromatic N) is 1. The molecule has 2 fully saturated rings. The highest BCUT2D eigenvalue weighted by Crippen LogP contribution is 2.40. The normalized spacial score (nSPS) is 20.6. The Hall–Kier alpha value is -1.94. The Morgan fingerprint density at radius 1 is 1.28 bits per heavy atom. The lowest BCUT2D eigenvalue weighted by molar-refractivity contribution is 0.0952. The number of hydrogen-bond acceptors (Lipinski definition) is 3. The molecule has 1 saturated carbocycles. The Morgan fingerprint density at radius 2 is 2.16 bits per heavy atom. The molecule has 1 amide bonds. The summed E-state index contributed by atoms with van der Waals surface area (Å²) in [5.74, 6) is 1.28. The average Bonchev–Trinajstić information content (AvgIpc) is 3.47. The van der Waals surface area contributed by atoms with E-state index in [1.165, 1.54) is 25.7 Å². The van der Waals surface area contributed by atoms with Gasteiger partial charge in [-0.2, -0.15) is 0 Å². The molecule has 0 radical (unpaired) electrons. The second-order valence-corrected chi connectivity index (χ2v) is 7.65. The second kappa shape index (κ2) is 7.12. The highest BCUT2D eigenvalue weighted by Gasteiger charge is 2.27. The van der Waals surface area contributed by atoms with Gasteiger partial charge in [0.2, 0.25) is 0 Å². The van der Waals surface area contributed by atoms with Gasteiger partial charge in [-0.3, -0.25) is 9.78 Å². The van der Waals surface area contributed by atoms with Crippen molar-refractivity contribution in [1.82, 2.24) is 15.6 Å². The van der Waals surface area contributed by atoms with Gasteiger partial charge in [0.15, 0.2) is 0 Å². The van der Waals surface area contributed by atoms with Crippen LogP contribution < -0.4 is 10.6 Å². The van der Waals surface area contributed by atoms with Gasteiger partial charge < -0.3 is 10.6 Å². The number of amides is 1. The summed E-state index contributed by atoms with van der Waals surface area (Å²) in [4.78, 5) is 17.6. The number of aromatic nitrogens is 1. The quantitative estimate of drug-likeness (QED) is 0.877. The smallest absolute Gasteiger partial charge is 0.252 e. The van der Waals surface area contributed by atoms with Crippen LogP contribution in [0.4, 0.5) is 0 Å². The first-order valence-corrected chi connectivity index (χ1v) is 9.61. The van der Waals surface area contributed by atoms with Crippen molar-refractivity contribution in [2.75, 3.05) is 19.6 Å². The molecule has 4 heteroatoms. The molecule has 25 heavy (non-hydrogen) atoms. The van der Waals surface area contributed by atoms with E-state index in [4.69, 9.17) is 4.98 Å². The molecule has 1 unspecified atom stereocenters. The van der Waals surface area contributed by atoms with Gasteiger partial charge >= 0.3 is 0 Å². The van der Waals surface area contributed by atoms with Crippen LogP contribution in [-0.2, 0) is 0 Å². The zero-order chi connectivity index (χ0) is 17.2. The lowest BCUT2D eigenvalue weighted by Crippen LogP contribution is -2.33. The molecule has 4 rings (SSSR count). The van der Waals surface area contributed by atoms with Crippen LogP contribution in [0.2, 0.25) is 0 Å². The Bertz CT molecular complexity index is 776.